The molecule has 1 aromatic heterocycles. The van der Waals surface area contributed by atoms with Gasteiger partial charge in [-0.25, -0.2) is 18.7 Å². The highest BCUT2D eigenvalue weighted by molar-refractivity contribution is 6.03. The second-order valence-corrected chi connectivity index (χ2v) is 6.24. The molecule has 3 rings (SSSR count). The summed E-state index contributed by atoms with van der Waals surface area (Å²) >= 11 is 0. The normalized spacial score (nSPS) is 10.6. The fourth-order valence-corrected chi connectivity index (χ4v) is 2.81. The van der Waals surface area contributed by atoms with E-state index < -0.39 is 17.5 Å². The van der Waals surface area contributed by atoms with Crippen molar-refractivity contribution in [3.8, 4) is 0 Å². The van der Waals surface area contributed by atoms with Gasteiger partial charge in [-0.05, 0) is 44.0 Å². The van der Waals surface area contributed by atoms with E-state index in [1.54, 1.807) is 0 Å². The lowest BCUT2D eigenvalue weighted by Crippen LogP contribution is -2.16. The number of para-hydroxylation sites is 1. The van der Waals surface area contributed by atoms with E-state index in [1.165, 1.54) is 18.5 Å². The second kappa shape index (κ2) is 7.49. The van der Waals surface area contributed by atoms with Crippen LogP contribution in [0.15, 0.2) is 42.7 Å². The lowest BCUT2D eigenvalue weighted by atomic mass is 10.1. The second-order valence-electron chi connectivity index (χ2n) is 6.24. The molecule has 0 fully saturated rings. The van der Waals surface area contributed by atoms with Gasteiger partial charge >= 0.3 is 0 Å². The van der Waals surface area contributed by atoms with Gasteiger partial charge in [0.2, 0.25) is 0 Å². The number of benzene rings is 2. The summed E-state index contributed by atoms with van der Waals surface area (Å²) in [6, 6.07) is 7.48. The molecule has 0 radical (unpaired) electrons. The zero-order valence-corrected chi connectivity index (χ0v) is 15.1. The number of aryl methyl sites for hydroxylation is 3. The van der Waals surface area contributed by atoms with Gasteiger partial charge in [0, 0.05) is 5.69 Å². The maximum atomic E-state index is 13.7. The first-order chi connectivity index (χ1) is 12.8. The molecule has 1 amide bonds. The van der Waals surface area contributed by atoms with Crippen molar-refractivity contribution in [2.45, 2.75) is 20.8 Å². The maximum absolute atomic E-state index is 13.7. The number of hydrogen-bond donors (Lipinski definition) is 2. The summed E-state index contributed by atoms with van der Waals surface area (Å²) < 4.78 is 27.4. The van der Waals surface area contributed by atoms with Crippen molar-refractivity contribution in [1.82, 2.24) is 9.97 Å². The molecule has 1 heterocycles. The Morgan fingerprint density at radius 2 is 1.56 bits per heavy atom. The fraction of sp³-hybridized carbons (Fsp3) is 0.150. The fourth-order valence-electron chi connectivity index (χ4n) is 2.81. The Morgan fingerprint density at radius 1 is 0.926 bits per heavy atom. The number of nitrogens with zero attached hydrogens (tertiary/aromatic N) is 2. The van der Waals surface area contributed by atoms with Crippen LogP contribution in [0.5, 0.6) is 0 Å². The number of halogens is 2. The molecule has 3 aromatic rings. The average molecular weight is 368 g/mol. The van der Waals surface area contributed by atoms with Gasteiger partial charge in [0.25, 0.3) is 5.91 Å². The molecule has 27 heavy (non-hydrogen) atoms. The molecule has 0 aliphatic carbocycles. The van der Waals surface area contributed by atoms with Crippen molar-refractivity contribution in [2.75, 3.05) is 10.6 Å². The highest BCUT2D eigenvalue weighted by atomic mass is 19.1. The summed E-state index contributed by atoms with van der Waals surface area (Å²) in [7, 11) is 0. The van der Waals surface area contributed by atoms with Gasteiger partial charge in [0.15, 0.2) is 0 Å². The van der Waals surface area contributed by atoms with Gasteiger partial charge in [0.1, 0.15) is 28.8 Å². The van der Waals surface area contributed by atoms with E-state index in [9.17, 15) is 13.6 Å². The first kappa shape index (κ1) is 18.4. The quantitative estimate of drug-likeness (QED) is 0.702. The SMILES string of the molecule is Cc1cc(C)c(NC(=O)c2cnc(Nc3c(F)cccc3F)cn2)c(C)c1. The number of carbonyl (C=O) groups excluding carboxylic acids is 1. The zero-order valence-electron chi connectivity index (χ0n) is 15.1. The standard InChI is InChI=1S/C20H18F2N4O/c1-11-7-12(2)18(13(3)8-11)26-20(27)16-9-24-17(10-23-16)25-19-14(21)5-4-6-15(19)22/h4-10H,1-3H3,(H,24,25)(H,26,27). The van der Waals surface area contributed by atoms with Crippen LogP contribution in [0, 0.1) is 32.4 Å². The molecule has 0 aliphatic rings. The molecule has 0 saturated carbocycles. The van der Waals surface area contributed by atoms with Crippen molar-refractivity contribution in [3.05, 3.63) is 76.7 Å². The number of anilines is 3. The summed E-state index contributed by atoms with van der Waals surface area (Å²) in [6.07, 6.45) is 2.49. The first-order valence-corrected chi connectivity index (χ1v) is 8.27. The average Bonchev–Trinajstić information content (AvgIpc) is 2.61. The zero-order chi connectivity index (χ0) is 19.6. The van der Waals surface area contributed by atoms with Crippen LogP contribution in [-0.2, 0) is 0 Å². The number of carbonyl (C=O) groups is 1. The van der Waals surface area contributed by atoms with Crippen LogP contribution in [0.25, 0.3) is 0 Å². The van der Waals surface area contributed by atoms with Crippen molar-refractivity contribution >= 4 is 23.1 Å². The molecule has 5 nitrogen and oxygen atoms in total. The van der Waals surface area contributed by atoms with E-state index in [2.05, 4.69) is 20.6 Å². The van der Waals surface area contributed by atoms with Crippen LogP contribution >= 0.6 is 0 Å². The predicted molar refractivity (Wildman–Crippen MR) is 100 cm³/mol. The Bertz CT molecular complexity index is 960. The highest BCUT2D eigenvalue weighted by Gasteiger charge is 2.13. The third-order valence-corrected chi connectivity index (χ3v) is 4.02. The van der Waals surface area contributed by atoms with Crippen molar-refractivity contribution < 1.29 is 13.6 Å². The van der Waals surface area contributed by atoms with Crippen molar-refractivity contribution in [3.63, 3.8) is 0 Å². The molecule has 0 aliphatic heterocycles. The van der Waals surface area contributed by atoms with Gasteiger partial charge in [0.05, 0.1) is 12.4 Å². The van der Waals surface area contributed by atoms with Gasteiger partial charge < -0.3 is 10.6 Å². The van der Waals surface area contributed by atoms with Crippen LogP contribution in [0.1, 0.15) is 27.2 Å². The molecule has 138 valence electrons. The molecular formula is C20H18F2N4O. The van der Waals surface area contributed by atoms with Crippen molar-refractivity contribution in [2.24, 2.45) is 0 Å². The lowest BCUT2D eigenvalue weighted by Gasteiger charge is -2.12. The number of rotatable bonds is 4. The summed E-state index contributed by atoms with van der Waals surface area (Å²) in [5, 5.41) is 5.35. The minimum atomic E-state index is -0.746. The lowest BCUT2D eigenvalue weighted by molar-refractivity contribution is 0.102. The summed E-state index contributed by atoms with van der Waals surface area (Å²) in [6.45, 7) is 5.82. The van der Waals surface area contributed by atoms with E-state index in [1.807, 2.05) is 32.9 Å². The highest BCUT2D eigenvalue weighted by Crippen LogP contribution is 2.23. The monoisotopic (exact) mass is 368 g/mol. The smallest absolute Gasteiger partial charge is 0.275 e. The Kier molecular flexibility index (Phi) is 5.12. The molecule has 0 atom stereocenters. The van der Waals surface area contributed by atoms with E-state index in [0.717, 1.165) is 34.5 Å². The number of nitrogens with one attached hydrogen (secondary N) is 2. The van der Waals surface area contributed by atoms with Gasteiger partial charge in [-0.1, -0.05) is 23.8 Å². The van der Waals surface area contributed by atoms with Crippen molar-refractivity contribution in [1.29, 1.82) is 0 Å². The maximum Gasteiger partial charge on any atom is 0.275 e. The first-order valence-electron chi connectivity index (χ1n) is 8.27. The molecule has 2 N–H and O–H groups in total. The third-order valence-electron chi connectivity index (χ3n) is 4.02. The van der Waals surface area contributed by atoms with E-state index in [0.29, 0.717) is 0 Å². The third kappa shape index (κ3) is 4.08. The predicted octanol–water partition coefficient (Wildman–Crippen LogP) is 4.68. The van der Waals surface area contributed by atoms with Crippen LogP contribution < -0.4 is 10.6 Å². The molecule has 7 heteroatoms. The Hall–Kier alpha value is -3.35. The van der Waals surface area contributed by atoms with E-state index >= 15 is 0 Å². The van der Waals surface area contributed by atoms with Crippen LogP contribution in [0.3, 0.4) is 0 Å². The van der Waals surface area contributed by atoms with Crippen LogP contribution in [0.4, 0.5) is 26.0 Å². The summed E-state index contributed by atoms with van der Waals surface area (Å²) in [5.74, 6) is -1.78. The van der Waals surface area contributed by atoms with Gasteiger partial charge in [-0.3, -0.25) is 4.79 Å². The molecule has 0 unspecified atom stereocenters. The van der Waals surface area contributed by atoms with Crippen LogP contribution in [0.2, 0.25) is 0 Å². The van der Waals surface area contributed by atoms with E-state index in [-0.39, 0.29) is 17.2 Å². The Balaban J connectivity index is 1.76. The Labute approximate surface area is 155 Å². The Morgan fingerprint density at radius 3 is 2.11 bits per heavy atom. The minimum Gasteiger partial charge on any atom is -0.334 e. The summed E-state index contributed by atoms with van der Waals surface area (Å²) in [5.41, 5.74) is 3.50. The number of amides is 1. The molecule has 2 aromatic carbocycles. The molecule has 0 spiro atoms. The van der Waals surface area contributed by atoms with E-state index in [4.69, 9.17) is 0 Å². The minimum absolute atomic E-state index is 0.0916. The topological polar surface area (TPSA) is 66.9 Å². The summed E-state index contributed by atoms with van der Waals surface area (Å²) in [4.78, 5) is 20.5. The van der Waals surface area contributed by atoms with Gasteiger partial charge in [-0.15, -0.1) is 0 Å². The largest absolute Gasteiger partial charge is 0.334 e. The number of hydrogen-bond acceptors (Lipinski definition) is 4. The number of aromatic nitrogens is 2. The molecule has 0 bridgehead atoms. The van der Waals surface area contributed by atoms with Crippen LogP contribution in [-0.4, -0.2) is 15.9 Å². The van der Waals surface area contributed by atoms with Gasteiger partial charge in [-0.2, -0.15) is 0 Å². The molecule has 0 saturated heterocycles. The molecular weight excluding hydrogens is 350 g/mol.